The van der Waals surface area contributed by atoms with Crippen LogP contribution in [0.1, 0.15) is 18.1 Å². The summed E-state index contributed by atoms with van der Waals surface area (Å²) in [6.45, 7) is 3.24. The van der Waals surface area contributed by atoms with Gasteiger partial charge in [-0.15, -0.1) is 0 Å². The first-order chi connectivity index (χ1) is 13.5. The summed E-state index contributed by atoms with van der Waals surface area (Å²) in [7, 11) is -3.80. The third-order valence-corrected chi connectivity index (χ3v) is 8.17. The van der Waals surface area contributed by atoms with Crippen molar-refractivity contribution in [2.24, 2.45) is 5.41 Å². The van der Waals surface area contributed by atoms with Gasteiger partial charge in [-0.3, -0.25) is 10.1 Å². The average Bonchev–Trinajstić information content (AvgIpc) is 2.99. The largest absolute Gasteiger partial charge is 0.265 e. The molecule has 1 heterocycles. The number of benzene rings is 2. The van der Waals surface area contributed by atoms with Crippen LogP contribution in [0.25, 0.3) is 3.58 Å². The fourth-order valence-electron chi connectivity index (χ4n) is 3.47. The van der Waals surface area contributed by atoms with Gasteiger partial charge in [0.05, 0.1) is 10.3 Å². The lowest BCUT2D eigenvalue weighted by Gasteiger charge is -2.22. The van der Waals surface area contributed by atoms with Crippen molar-refractivity contribution in [2.75, 3.05) is 19.6 Å². The minimum Gasteiger partial charge on any atom is -0.265 e. The molecule has 0 radical (unpaired) electrons. The van der Waals surface area contributed by atoms with E-state index in [1.165, 1.54) is 16.4 Å². The molecular formula is C20H20FIN2O4S. The Bertz CT molecular complexity index is 1070. The maximum atomic E-state index is 13.3. The van der Waals surface area contributed by atoms with Crippen LogP contribution >= 0.6 is 22.6 Å². The normalized spacial score (nSPS) is 21.9. The zero-order valence-corrected chi connectivity index (χ0v) is 18.9. The van der Waals surface area contributed by atoms with Crippen LogP contribution in [0.5, 0.6) is 0 Å². The third-order valence-electron chi connectivity index (χ3n) is 5.09. The Hall–Kier alpha value is -1.85. The second-order valence-corrected chi connectivity index (χ2v) is 10.5. The van der Waals surface area contributed by atoms with Crippen LogP contribution in [0.2, 0.25) is 0 Å². The van der Waals surface area contributed by atoms with Gasteiger partial charge >= 0.3 is 0 Å². The Morgan fingerprint density at radius 1 is 1.21 bits per heavy atom. The van der Waals surface area contributed by atoms with Crippen LogP contribution < -0.4 is 0 Å². The summed E-state index contributed by atoms with van der Waals surface area (Å²) in [5.41, 5.74) is 1.34. The highest BCUT2D eigenvalue weighted by molar-refractivity contribution is 14.1. The van der Waals surface area contributed by atoms with Crippen molar-refractivity contribution in [3.8, 4) is 0 Å². The number of sulfonamides is 1. The number of aryl methyl sites for hydroxylation is 1. The van der Waals surface area contributed by atoms with Crippen LogP contribution in [0.4, 0.5) is 4.39 Å². The van der Waals surface area contributed by atoms with Gasteiger partial charge in [-0.05, 0) is 71.8 Å². The molecule has 0 amide bonds. The summed E-state index contributed by atoms with van der Waals surface area (Å²) in [6, 6.07) is 12.3. The minimum absolute atomic E-state index is 0.00716. The first-order valence-corrected chi connectivity index (χ1v) is 11.4. The number of halogens is 2. The van der Waals surface area contributed by atoms with E-state index in [-0.39, 0.29) is 23.8 Å². The fourth-order valence-corrected chi connectivity index (χ4v) is 6.19. The number of hydrogen-bond donors (Lipinski definition) is 0. The molecule has 1 fully saturated rings. The summed E-state index contributed by atoms with van der Waals surface area (Å²) in [6.07, 6.45) is 0. The van der Waals surface area contributed by atoms with Crippen molar-refractivity contribution < 1.29 is 17.7 Å². The van der Waals surface area contributed by atoms with Gasteiger partial charge in [-0.2, -0.15) is 4.31 Å². The standard InChI is InChI=1S/C20H20FIN2O4S/c1-14-3-9-17(10-4-14)29(27,28)23-11-18(20(2,12-23)13-24(25)26)19(22)15-5-7-16(21)8-6-15/h3-10H,11-13H2,1-2H3/b19-18+/t20-/m1/s1. The van der Waals surface area contributed by atoms with Gasteiger partial charge in [0.25, 0.3) is 0 Å². The monoisotopic (exact) mass is 530 g/mol. The van der Waals surface area contributed by atoms with Crippen LogP contribution in [-0.4, -0.2) is 37.3 Å². The highest BCUT2D eigenvalue weighted by Crippen LogP contribution is 2.44. The van der Waals surface area contributed by atoms with Gasteiger partial charge < -0.3 is 0 Å². The highest BCUT2D eigenvalue weighted by Gasteiger charge is 2.48. The molecule has 2 aromatic rings. The van der Waals surface area contributed by atoms with Gasteiger partial charge in [0, 0.05) is 21.6 Å². The number of rotatable bonds is 5. The molecular weight excluding hydrogens is 510 g/mol. The smallest absolute Gasteiger partial charge is 0.243 e. The van der Waals surface area contributed by atoms with Gasteiger partial charge in [-0.1, -0.05) is 29.8 Å². The lowest BCUT2D eigenvalue weighted by molar-refractivity contribution is -0.493. The minimum atomic E-state index is -3.80. The molecule has 0 saturated carbocycles. The predicted octanol–water partition coefficient (Wildman–Crippen LogP) is 4.27. The van der Waals surface area contributed by atoms with Gasteiger partial charge in [0.2, 0.25) is 16.6 Å². The van der Waals surface area contributed by atoms with E-state index < -0.39 is 26.9 Å². The molecule has 0 bridgehead atoms. The highest BCUT2D eigenvalue weighted by atomic mass is 127. The Labute approximate surface area is 182 Å². The van der Waals surface area contributed by atoms with E-state index in [2.05, 4.69) is 22.6 Å². The number of nitrogens with zero attached hydrogens (tertiary/aromatic N) is 2. The van der Waals surface area contributed by atoms with Crippen LogP contribution in [-0.2, 0) is 10.0 Å². The summed E-state index contributed by atoms with van der Waals surface area (Å²) < 4.78 is 41.6. The second kappa shape index (κ2) is 8.11. The van der Waals surface area contributed by atoms with Crippen molar-refractivity contribution in [2.45, 2.75) is 18.7 Å². The fraction of sp³-hybridized carbons (Fsp3) is 0.300. The van der Waals surface area contributed by atoms with Crippen molar-refractivity contribution in [1.29, 1.82) is 0 Å². The number of hydrogen-bond acceptors (Lipinski definition) is 4. The Morgan fingerprint density at radius 2 is 1.79 bits per heavy atom. The lowest BCUT2D eigenvalue weighted by Crippen LogP contribution is -2.34. The van der Waals surface area contributed by atoms with Crippen molar-refractivity contribution >= 4 is 36.2 Å². The van der Waals surface area contributed by atoms with Crippen LogP contribution in [0.15, 0.2) is 59.0 Å². The van der Waals surface area contributed by atoms with E-state index in [9.17, 15) is 22.9 Å². The van der Waals surface area contributed by atoms with E-state index in [0.29, 0.717) is 14.7 Å². The molecule has 6 nitrogen and oxygen atoms in total. The molecule has 29 heavy (non-hydrogen) atoms. The molecule has 9 heteroatoms. The predicted molar refractivity (Wildman–Crippen MR) is 117 cm³/mol. The average molecular weight is 530 g/mol. The van der Waals surface area contributed by atoms with Gasteiger partial charge in [0.1, 0.15) is 5.82 Å². The lowest BCUT2D eigenvalue weighted by atomic mass is 9.84. The first-order valence-electron chi connectivity index (χ1n) is 8.87. The third kappa shape index (κ3) is 4.51. The zero-order valence-electron chi connectivity index (χ0n) is 15.9. The van der Waals surface area contributed by atoms with Crippen molar-refractivity contribution in [3.63, 3.8) is 0 Å². The van der Waals surface area contributed by atoms with Gasteiger partial charge in [0.15, 0.2) is 0 Å². The molecule has 2 aromatic carbocycles. The van der Waals surface area contributed by atoms with Crippen LogP contribution in [0, 0.1) is 28.3 Å². The molecule has 1 atom stereocenters. The van der Waals surface area contributed by atoms with Crippen molar-refractivity contribution in [3.05, 3.63) is 81.2 Å². The zero-order chi connectivity index (χ0) is 21.4. The maximum Gasteiger partial charge on any atom is 0.243 e. The molecule has 0 aromatic heterocycles. The molecule has 0 spiro atoms. The number of nitro groups is 1. The molecule has 1 aliphatic rings. The van der Waals surface area contributed by atoms with E-state index >= 15 is 0 Å². The second-order valence-electron chi connectivity index (χ2n) is 7.44. The summed E-state index contributed by atoms with van der Waals surface area (Å²) in [5, 5.41) is 11.3. The molecule has 0 unspecified atom stereocenters. The quantitative estimate of drug-likeness (QED) is 0.329. The van der Waals surface area contributed by atoms with E-state index in [4.69, 9.17) is 0 Å². The van der Waals surface area contributed by atoms with Gasteiger partial charge in [-0.25, -0.2) is 12.8 Å². The van der Waals surface area contributed by atoms with Crippen molar-refractivity contribution in [1.82, 2.24) is 4.31 Å². The Kier molecular flexibility index (Phi) is 6.11. The summed E-state index contributed by atoms with van der Waals surface area (Å²) in [4.78, 5) is 11.1. The first kappa shape index (κ1) is 21.8. The van der Waals surface area contributed by atoms with E-state index in [0.717, 1.165) is 5.56 Å². The molecule has 1 aliphatic heterocycles. The summed E-state index contributed by atoms with van der Waals surface area (Å²) in [5.74, 6) is -0.383. The molecule has 0 aliphatic carbocycles. The molecule has 154 valence electrons. The molecule has 1 saturated heterocycles. The van der Waals surface area contributed by atoms with Crippen LogP contribution in [0.3, 0.4) is 0 Å². The van der Waals surface area contributed by atoms with E-state index in [1.807, 2.05) is 6.92 Å². The summed E-state index contributed by atoms with van der Waals surface area (Å²) >= 11 is 2.06. The maximum absolute atomic E-state index is 13.3. The Morgan fingerprint density at radius 3 is 2.34 bits per heavy atom. The Balaban J connectivity index is 2.06. The topological polar surface area (TPSA) is 80.5 Å². The molecule has 3 rings (SSSR count). The van der Waals surface area contributed by atoms with E-state index in [1.54, 1.807) is 43.3 Å². The molecule has 0 N–H and O–H groups in total. The SMILES string of the molecule is Cc1ccc(S(=O)(=O)N2C/C(=C(\I)c3ccc(F)cc3)[C@@](C)(C[N+](=O)[O-])C2)cc1.